The van der Waals surface area contributed by atoms with Gasteiger partial charge in [-0.1, -0.05) is 19.9 Å². The minimum absolute atomic E-state index is 0.124. The molecular formula is C10H18O3. The molecule has 0 saturated carbocycles. The van der Waals surface area contributed by atoms with Crippen LogP contribution < -0.4 is 0 Å². The van der Waals surface area contributed by atoms with Gasteiger partial charge in [-0.15, -0.1) is 0 Å². The highest BCUT2D eigenvalue weighted by Gasteiger charge is 2.10. The number of carboxylic acid groups (broad SMARTS) is 1. The molecule has 3 nitrogen and oxygen atoms in total. The number of carbonyl (C=O) groups is 1. The molecule has 0 aliphatic rings. The monoisotopic (exact) mass is 186 g/mol. The van der Waals surface area contributed by atoms with Gasteiger partial charge in [0.1, 0.15) is 0 Å². The lowest BCUT2D eigenvalue weighted by Crippen LogP contribution is -2.15. The molecule has 0 rings (SSSR count). The highest BCUT2D eigenvalue weighted by Crippen LogP contribution is 2.12. The van der Waals surface area contributed by atoms with Gasteiger partial charge < -0.3 is 10.2 Å². The van der Waals surface area contributed by atoms with Crippen molar-refractivity contribution >= 4 is 5.97 Å². The van der Waals surface area contributed by atoms with Crippen LogP contribution in [0.3, 0.4) is 0 Å². The summed E-state index contributed by atoms with van der Waals surface area (Å²) in [7, 11) is 0. The number of rotatable bonds is 5. The SMILES string of the molecule is CCC(O)C(C)CC=C(C)C(=O)O. The lowest BCUT2D eigenvalue weighted by atomic mass is 9.98. The number of aliphatic carboxylic acids is 1. The molecule has 0 heterocycles. The van der Waals surface area contributed by atoms with Crippen molar-refractivity contribution < 1.29 is 15.0 Å². The van der Waals surface area contributed by atoms with Crippen molar-refractivity contribution in [2.75, 3.05) is 0 Å². The van der Waals surface area contributed by atoms with Crippen molar-refractivity contribution in [3.8, 4) is 0 Å². The number of aliphatic hydroxyl groups is 1. The normalized spacial score (nSPS) is 16.8. The first-order valence-electron chi connectivity index (χ1n) is 4.57. The fourth-order valence-electron chi connectivity index (χ4n) is 1.01. The van der Waals surface area contributed by atoms with Gasteiger partial charge in [-0.2, -0.15) is 0 Å². The first kappa shape index (κ1) is 12.2. The predicted octanol–water partition coefficient (Wildman–Crippen LogP) is 1.81. The van der Waals surface area contributed by atoms with E-state index in [2.05, 4.69) is 0 Å². The average Bonchev–Trinajstić information content (AvgIpc) is 2.11. The van der Waals surface area contributed by atoms with Crippen LogP contribution in [-0.2, 0) is 4.79 Å². The van der Waals surface area contributed by atoms with E-state index in [-0.39, 0.29) is 12.0 Å². The van der Waals surface area contributed by atoms with Gasteiger partial charge in [-0.25, -0.2) is 4.79 Å². The highest BCUT2D eigenvalue weighted by molar-refractivity contribution is 5.85. The van der Waals surface area contributed by atoms with Gasteiger partial charge in [-0.05, 0) is 25.7 Å². The molecular weight excluding hydrogens is 168 g/mol. The second kappa shape index (κ2) is 5.75. The lowest BCUT2D eigenvalue weighted by Gasteiger charge is -2.14. The van der Waals surface area contributed by atoms with Gasteiger partial charge in [0.25, 0.3) is 0 Å². The van der Waals surface area contributed by atoms with Gasteiger partial charge in [0.05, 0.1) is 6.10 Å². The summed E-state index contributed by atoms with van der Waals surface area (Å²) >= 11 is 0. The van der Waals surface area contributed by atoms with Crippen LogP contribution in [0.2, 0.25) is 0 Å². The van der Waals surface area contributed by atoms with Crippen molar-refractivity contribution in [3.63, 3.8) is 0 Å². The first-order chi connectivity index (χ1) is 5.99. The molecule has 0 bridgehead atoms. The maximum atomic E-state index is 10.4. The third-order valence-electron chi connectivity index (χ3n) is 2.21. The van der Waals surface area contributed by atoms with Crippen LogP contribution in [0.25, 0.3) is 0 Å². The summed E-state index contributed by atoms with van der Waals surface area (Å²) in [4.78, 5) is 10.4. The molecule has 0 aromatic heterocycles. The van der Waals surface area contributed by atoms with E-state index in [1.807, 2.05) is 13.8 Å². The average molecular weight is 186 g/mol. The number of carboxylic acids is 1. The second-order valence-corrected chi connectivity index (χ2v) is 3.38. The van der Waals surface area contributed by atoms with E-state index in [1.165, 1.54) is 0 Å². The summed E-state index contributed by atoms with van der Waals surface area (Å²) in [6, 6.07) is 0. The summed E-state index contributed by atoms with van der Waals surface area (Å²) in [6.07, 6.45) is 2.65. The molecule has 0 aliphatic carbocycles. The molecule has 0 spiro atoms. The van der Waals surface area contributed by atoms with Crippen molar-refractivity contribution in [1.82, 2.24) is 0 Å². The molecule has 76 valence electrons. The van der Waals surface area contributed by atoms with Gasteiger partial charge in [0, 0.05) is 5.57 Å². The van der Waals surface area contributed by atoms with Crippen molar-refractivity contribution in [2.24, 2.45) is 5.92 Å². The Kier molecular flexibility index (Phi) is 5.39. The van der Waals surface area contributed by atoms with E-state index in [0.717, 1.165) is 0 Å². The number of allylic oxidation sites excluding steroid dienone is 1. The van der Waals surface area contributed by atoms with E-state index in [1.54, 1.807) is 13.0 Å². The van der Waals surface area contributed by atoms with E-state index in [9.17, 15) is 9.90 Å². The van der Waals surface area contributed by atoms with Crippen molar-refractivity contribution in [3.05, 3.63) is 11.6 Å². The molecule has 0 fully saturated rings. The minimum Gasteiger partial charge on any atom is -0.478 e. The summed E-state index contributed by atoms with van der Waals surface area (Å²) in [5.41, 5.74) is 0.343. The maximum Gasteiger partial charge on any atom is 0.330 e. The minimum atomic E-state index is -0.891. The second-order valence-electron chi connectivity index (χ2n) is 3.38. The largest absolute Gasteiger partial charge is 0.478 e. The van der Waals surface area contributed by atoms with Crippen LogP contribution in [-0.4, -0.2) is 22.3 Å². The maximum absolute atomic E-state index is 10.4. The smallest absolute Gasteiger partial charge is 0.330 e. The fourth-order valence-corrected chi connectivity index (χ4v) is 1.01. The molecule has 0 aliphatic heterocycles. The van der Waals surface area contributed by atoms with E-state index in [0.29, 0.717) is 18.4 Å². The molecule has 0 amide bonds. The molecule has 0 aromatic rings. The third kappa shape index (κ3) is 4.68. The number of hydrogen-bond donors (Lipinski definition) is 2. The predicted molar refractivity (Wildman–Crippen MR) is 51.5 cm³/mol. The molecule has 13 heavy (non-hydrogen) atoms. The summed E-state index contributed by atoms with van der Waals surface area (Å²) in [5.74, 6) is -0.766. The van der Waals surface area contributed by atoms with E-state index in [4.69, 9.17) is 5.11 Å². The molecule has 0 saturated heterocycles. The lowest BCUT2D eigenvalue weighted by molar-refractivity contribution is -0.132. The Balaban J connectivity index is 4.00. The van der Waals surface area contributed by atoms with E-state index >= 15 is 0 Å². The van der Waals surface area contributed by atoms with Crippen LogP contribution in [0.15, 0.2) is 11.6 Å². The van der Waals surface area contributed by atoms with Crippen LogP contribution in [0.1, 0.15) is 33.6 Å². The summed E-state index contributed by atoms with van der Waals surface area (Å²) < 4.78 is 0. The number of aliphatic hydroxyl groups excluding tert-OH is 1. The molecule has 0 aromatic carbocycles. The Hall–Kier alpha value is -0.830. The highest BCUT2D eigenvalue weighted by atomic mass is 16.4. The van der Waals surface area contributed by atoms with Crippen LogP contribution >= 0.6 is 0 Å². The zero-order valence-corrected chi connectivity index (χ0v) is 8.45. The number of hydrogen-bond acceptors (Lipinski definition) is 2. The standard InChI is InChI=1S/C10H18O3/c1-4-9(11)7(2)5-6-8(3)10(12)13/h6-7,9,11H,4-5H2,1-3H3,(H,12,13). The van der Waals surface area contributed by atoms with Crippen LogP contribution in [0, 0.1) is 5.92 Å². The fraction of sp³-hybridized carbons (Fsp3) is 0.700. The van der Waals surface area contributed by atoms with Gasteiger partial charge in [0.15, 0.2) is 0 Å². The quantitative estimate of drug-likeness (QED) is 0.644. The third-order valence-corrected chi connectivity index (χ3v) is 2.21. The Morgan fingerprint density at radius 1 is 1.54 bits per heavy atom. The van der Waals surface area contributed by atoms with Crippen LogP contribution in [0.4, 0.5) is 0 Å². The molecule has 2 atom stereocenters. The topological polar surface area (TPSA) is 57.5 Å². The van der Waals surface area contributed by atoms with Crippen molar-refractivity contribution in [2.45, 2.75) is 39.7 Å². The van der Waals surface area contributed by atoms with Gasteiger partial charge in [0.2, 0.25) is 0 Å². The molecule has 2 N–H and O–H groups in total. The summed E-state index contributed by atoms with van der Waals surface area (Å²) in [6.45, 7) is 5.39. The molecule has 3 heteroatoms. The van der Waals surface area contributed by atoms with Gasteiger partial charge >= 0.3 is 5.97 Å². The molecule has 0 radical (unpaired) electrons. The Bertz CT molecular complexity index is 196. The molecule has 2 unspecified atom stereocenters. The van der Waals surface area contributed by atoms with E-state index < -0.39 is 5.97 Å². The van der Waals surface area contributed by atoms with Crippen LogP contribution in [0.5, 0.6) is 0 Å². The Morgan fingerprint density at radius 2 is 2.08 bits per heavy atom. The Morgan fingerprint density at radius 3 is 2.46 bits per heavy atom. The van der Waals surface area contributed by atoms with Crippen molar-refractivity contribution in [1.29, 1.82) is 0 Å². The summed E-state index contributed by atoms with van der Waals surface area (Å²) in [5, 5.41) is 18.0. The first-order valence-corrected chi connectivity index (χ1v) is 4.57. The zero-order chi connectivity index (χ0) is 10.4. The Labute approximate surface area is 79.1 Å². The van der Waals surface area contributed by atoms with Gasteiger partial charge in [-0.3, -0.25) is 0 Å². The zero-order valence-electron chi connectivity index (χ0n) is 8.45.